The molecule has 5 saturated carbocycles. The molecule has 1 amide bonds. The predicted molar refractivity (Wildman–Crippen MR) is 130 cm³/mol. The molecule has 5 aliphatic carbocycles. The van der Waals surface area contributed by atoms with E-state index >= 15 is 4.39 Å². The van der Waals surface area contributed by atoms with Gasteiger partial charge in [0.05, 0.1) is 12.2 Å². The average Bonchev–Trinajstić information content (AvgIpc) is 3.58. The minimum Gasteiger partial charge on any atom is -0.493 e. The summed E-state index contributed by atoms with van der Waals surface area (Å²) in [6.45, 7) is 4.92. The SMILES string of the molecule is CC[C@@H]1[C@@H](C(=O)O)N(C(=O)c2cc(C3CC3)c(OCC34CC5CC(CC(C5)C3)C4)cc2F)C[C@@H]1C. The van der Waals surface area contributed by atoms with Crippen LogP contribution in [0.5, 0.6) is 5.75 Å². The van der Waals surface area contributed by atoms with Gasteiger partial charge in [-0.05, 0) is 98.5 Å². The van der Waals surface area contributed by atoms with Crippen molar-refractivity contribution in [2.75, 3.05) is 13.2 Å². The van der Waals surface area contributed by atoms with Gasteiger partial charge in [0.2, 0.25) is 0 Å². The van der Waals surface area contributed by atoms with Crippen molar-refractivity contribution in [2.45, 2.75) is 83.6 Å². The highest BCUT2D eigenvalue weighted by atomic mass is 19.1. The minimum atomic E-state index is -1.01. The first kappa shape index (κ1) is 23.3. The normalized spacial score (nSPS) is 37.6. The summed E-state index contributed by atoms with van der Waals surface area (Å²) >= 11 is 0. The summed E-state index contributed by atoms with van der Waals surface area (Å²) in [6, 6.07) is 2.18. The van der Waals surface area contributed by atoms with Crippen molar-refractivity contribution >= 4 is 11.9 Å². The number of rotatable bonds is 7. The van der Waals surface area contributed by atoms with Gasteiger partial charge >= 0.3 is 5.97 Å². The van der Waals surface area contributed by atoms with Crippen LogP contribution in [0.2, 0.25) is 0 Å². The lowest BCUT2D eigenvalue weighted by Gasteiger charge is -2.56. The van der Waals surface area contributed by atoms with Crippen molar-refractivity contribution in [1.29, 1.82) is 0 Å². The molecule has 1 aliphatic heterocycles. The molecule has 0 aromatic heterocycles. The van der Waals surface area contributed by atoms with Gasteiger partial charge in [-0.25, -0.2) is 9.18 Å². The first-order valence-corrected chi connectivity index (χ1v) is 13.8. The summed E-state index contributed by atoms with van der Waals surface area (Å²) in [5.74, 6) is 1.23. The lowest BCUT2D eigenvalue weighted by molar-refractivity contribution is -0.142. The molecule has 4 bridgehead atoms. The molecule has 7 rings (SSSR count). The van der Waals surface area contributed by atoms with Gasteiger partial charge in [-0.15, -0.1) is 0 Å². The number of halogens is 1. The maximum absolute atomic E-state index is 15.4. The number of carboxylic acids is 1. The van der Waals surface area contributed by atoms with E-state index in [2.05, 4.69) is 0 Å². The van der Waals surface area contributed by atoms with Crippen molar-refractivity contribution in [3.63, 3.8) is 0 Å². The van der Waals surface area contributed by atoms with Crippen LogP contribution in [0.4, 0.5) is 4.39 Å². The number of carbonyl (C=O) groups excluding carboxylic acids is 1. The van der Waals surface area contributed by atoms with Crippen LogP contribution in [0.3, 0.4) is 0 Å². The number of carbonyl (C=O) groups is 2. The Morgan fingerprint density at radius 3 is 2.29 bits per heavy atom. The first-order chi connectivity index (χ1) is 16.8. The summed E-state index contributed by atoms with van der Waals surface area (Å²) in [5, 5.41) is 9.84. The molecule has 6 fully saturated rings. The fourth-order valence-corrected chi connectivity index (χ4v) is 8.68. The summed E-state index contributed by atoms with van der Waals surface area (Å²) in [5.41, 5.74) is 1.14. The fourth-order valence-electron chi connectivity index (χ4n) is 8.68. The Kier molecular flexibility index (Phi) is 5.65. The summed E-state index contributed by atoms with van der Waals surface area (Å²) in [6.07, 6.45) is 10.6. The zero-order chi connectivity index (χ0) is 24.5. The maximum Gasteiger partial charge on any atom is 0.326 e. The zero-order valence-corrected chi connectivity index (χ0v) is 21.0. The van der Waals surface area contributed by atoms with E-state index in [9.17, 15) is 14.7 Å². The highest BCUT2D eigenvalue weighted by molar-refractivity contribution is 5.97. The standard InChI is InChI=1S/C29H38FNO4/c1-3-21-16(2)14-31(26(21)28(33)34)27(32)23-9-22(20-4-5-20)25(10-24(23)30)35-15-29-11-17-6-18(12-29)8-19(7-17)13-29/h9-10,16-21,26H,3-8,11-15H2,1-2H3,(H,33,34)/t16-,17?,18?,19?,21-,26-,29?/m0/s1. The summed E-state index contributed by atoms with van der Waals surface area (Å²) in [4.78, 5) is 26.9. The summed E-state index contributed by atoms with van der Waals surface area (Å²) < 4.78 is 21.8. The van der Waals surface area contributed by atoms with Crippen LogP contribution in [0.25, 0.3) is 0 Å². The Balaban J connectivity index is 1.25. The molecule has 5 nitrogen and oxygen atoms in total. The van der Waals surface area contributed by atoms with E-state index < -0.39 is 23.7 Å². The van der Waals surface area contributed by atoms with Crippen LogP contribution in [0.1, 0.15) is 93.5 Å². The number of nitrogens with zero attached hydrogens (tertiary/aromatic N) is 1. The second kappa shape index (κ2) is 8.48. The van der Waals surface area contributed by atoms with Crippen molar-refractivity contribution in [3.8, 4) is 5.75 Å². The second-order valence-corrected chi connectivity index (χ2v) is 12.6. The molecule has 1 N–H and O–H groups in total. The number of aliphatic carboxylic acids is 1. The van der Waals surface area contributed by atoms with Gasteiger partial charge < -0.3 is 14.7 Å². The van der Waals surface area contributed by atoms with Gasteiger partial charge in [-0.2, -0.15) is 0 Å². The number of hydrogen-bond donors (Lipinski definition) is 1. The number of carboxylic acid groups (broad SMARTS) is 1. The molecule has 3 atom stereocenters. The molecule has 0 radical (unpaired) electrons. The number of benzene rings is 1. The van der Waals surface area contributed by atoms with Crippen LogP contribution >= 0.6 is 0 Å². The van der Waals surface area contributed by atoms with E-state index in [-0.39, 0.29) is 22.8 Å². The Labute approximate surface area is 207 Å². The van der Waals surface area contributed by atoms with Gasteiger partial charge in [0.25, 0.3) is 5.91 Å². The van der Waals surface area contributed by atoms with E-state index in [0.29, 0.717) is 31.2 Å². The average molecular weight is 484 g/mol. The largest absolute Gasteiger partial charge is 0.493 e. The lowest BCUT2D eigenvalue weighted by atomic mass is 9.50. The van der Waals surface area contributed by atoms with E-state index in [0.717, 1.165) is 36.2 Å². The Hall–Kier alpha value is -2.11. The van der Waals surface area contributed by atoms with Gasteiger partial charge in [0.1, 0.15) is 17.6 Å². The number of hydrogen-bond acceptors (Lipinski definition) is 3. The third-order valence-corrected chi connectivity index (χ3v) is 9.99. The monoisotopic (exact) mass is 483 g/mol. The van der Waals surface area contributed by atoms with Crippen LogP contribution in [0, 0.1) is 40.8 Å². The molecule has 190 valence electrons. The van der Waals surface area contributed by atoms with Crippen LogP contribution < -0.4 is 4.74 Å². The molecule has 35 heavy (non-hydrogen) atoms. The zero-order valence-electron chi connectivity index (χ0n) is 21.0. The minimum absolute atomic E-state index is 0.00995. The number of amides is 1. The molecule has 1 aromatic carbocycles. The Bertz CT molecular complexity index is 998. The quantitative estimate of drug-likeness (QED) is 0.527. The molecular weight excluding hydrogens is 445 g/mol. The molecule has 0 unspecified atom stereocenters. The highest BCUT2D eigenvalue weighted by Crippen LogP contribution is 2.60. The summed E-state index contributed by atoms with van der Waals surface area (Å²) in [7, 11) is 0. The van der Waals surface area contributed by atoms with Gasteiger partial charge in [-0.3, -0.25) is 4.79 Å². The van der Waals surface area contributed by atoms with E-state index in [1.54, 1.807) is 6.07 Å². The second-order valence-electron chi connectivity index (χ2n) is 12.6. The Morgan fingerprint density at radius 1 is 1.11 bits per heavy atom. The smallest absolute Gasteiger partial charge is 0.326 e. The lowest BCUT2D eigenvalue weighted by Crippen LogP contribution is -2.48. The number of ether oxygens (including phenoxy) is 1. The fraction of sp³-hybridized carbons (Fsp3) is 0.724. The van der Waals surface area contributed by atoms with Crippen molar-refractivity contribution < 1.29 is 23.8 Å². The maximum atomic E-state index is 15.4. The van der Waals surface area contributed by atoms with Gasteiger partial charge in [0.15, 0.2) is 0 Å². The van der Waals surface area contributed by atoms with Crippen molar-refractivity contribution in [3.05, 3.63) is 29.1 Å². The molecule has 0 spiro atoms. The van der Waals surface area contributed by atoms with Crippen LogP contribution in [0.15, 0.2) is 12.1 Å². The van der Waals surface area contributed by atoms with E-state index in [4.69, 9.17) is 4.74 Å². The molecule has 6 aliphatic rings. The van der Waals surface area contributed by atoms with E-state index in [1.165, 1.54) is 49.5 Å². The van der Waals surface area contributed by atoms with Crippen molar-refractivity contribution in [1.82, 2.24) is 4.90 Å². The first-order valence-electron chi connectivity index (χ1n) is 13.8. The van der Waals surface area contributed by atoms with Crippen molar-refractivity contribution in [2.24, 2.45) is 35.0 Å². The molecule has 1 saturated heterocycles. The predicted octanol–water partition coefficient (Wildman–Crippen LogP) is 5.87. The van der Waals surface area contributed by atoms with Crippen LogP contribution in [-0.4, -0.2) is 41.1 Å². The topological polar surface area (TPSA) is 66.8 Å². The third kappa shape index (κ3) is 4.05. The molecule has 6 heteroatoms. The molecular formula is C29H38FNO4. The molecule has 1 heterocycles. The third-order valence-electron chi connectivity index (χ3n) is 9.99. The molecule has 1 aromatic rings. The van der Waals surface area contributed by atoms with Gasteiger partial charge in [-0.1, -0.05) is 20.3 Å². The highest BCUT2D eigenvalue weighted by Gasteiger charge is 2.51. The van der Waals surface area contributed by atoms with Crippen LogP contribution in [-0.2, 0) is 4.79 Å². The van der Waals surface area contributed by atoms with E-state index in [1.807, 2.05) is 13.8 Å². The number of likely N-dealkylation sites (tertiary alicyclic amines) is 1. The van der Waals surface area contributed by atoms with Gasteiger partial charge in [0, 0.05) is 18.0 Å². The Morgan fingerprint density at radius 2 is 1.74 bits per heavy atom.